The van der Waals surface area contributed by atoms with E-state index in [2.05, 4.69) is 11.9 Å². The molecule has 0 aliphatic carbocycles. The van der Waals surface area contributed by atoms with E-state index in [0.717, 1.165) is 18.4 Å². The van der Waals surface area contributed by atoms with Crippen molar-refractivity contribution in [1.82, 2.24) is 5.32 Å². The molecule has 0 bridgehead atoms. The van der Waals surface area contributed by atoms with Crippen LogP contribution in [-0.2, 0) is 39.8 Å². The second-order valence-electron chi connectivity index (χ2n) is 8.44. The first kappa shape index (κ1) is 25.2. The second kappa shape index (κ2) is 11.6. The van der Waals surface area contributed by atoms with Crippen LogP contribution in [0.25, 0.3) is 0 Å². The fourth-order valence-electron chi connectivity index (χ4n) is 3.78. The smallest absolute Gasteiger partial charge is 0.407 e. The molecule has 2 heterocycles. The lowest BCUT2D eigenvalue weighted by Gasteiger charge is -2.50. The minimum Gasteiger partial charge on any atom is -0.457 e. The van der Waals surface area contributed by atoms with Crippen LogP contribution in [0.15, 0.2) is 43.0 Å². The van der Waals surface area contributed by atoms with Gasteiger partial charge >= 0.3 is 12.1 Å². The lowest BCUT2D eigenvalue weighted by molar-refractivity contribution is -0.369. The number of hydrogen-bond acceptors (Lipinski definition) is 8. The van der Waals surface area contributed by atoms with Crippen molar-refractivity contribution in [3.63, 3.8) is 0 Å². The highest BCUT2D eigenvalue weighted by Crippen LogP contribution is 2.34. The van der Waals surface area contributed by atoms with Crippen LogP contribution < -0.4 is 5.32 Å². The Kier molecular flexibility index (Phi) is 8.85. The quantitative estimate of drug-likeness (QED) is 0.339. The number of allylic oxidation sites excluding steroid dienone is 1. The molecule has 2 aliphatic heterocycles. The molecule has 1 aromatic carbocycles. The molecule has 0 unspecified atom stereocenters. The van der Waals surface area contributed by atoms with Crippen molar-refractivity contribution in [2.24, 2.45) is 0 Å². The monoisotopic (exact) mass is 463 g/mol. The van der Waals surface area contributed by atoms with Crippen LogP contribution in [0.4, 0.5) is 4.79 Å². The van der Waals surface area contributed by atoms with E-state index in [4.69, 9.17) is 28.4 Å². The molecule has 0 spiro atoms. The van der Waals surface area contributed by atoms with Crippen molar-refractivity contribution in [3.8, 4) is 0 Å². The zero-order valence-corrected chi connectivity index (χ0v) is 19.4. The maximum absolute atomic E-state index is 12.7. The Labute approximate surface area is 194 Å². The van der Waals surface area contributed by atoms with Crippen LogP contribution in [0.5, 0.6) is 0 Å². The summed E-state index contributed by atoms with van der Waals surface area (Å²) in [6.45, 7) is 9.23. The number of benzene rings is 1. The van der Waals surface area contributed by atoms with E-state index in [9.17, 15) is 9.59 Å². The van der Waals surface area contributed by atoms with Gasteiger partial charge in [-0.25, -0.2) is 4.79 Å². The molecule has 1 amide bonds. The lowest BCUT2D eigenvalue weighted by atomic mass is 9.95. The topological polar surface area (TPSA) is 102 Å². The van der Waals surface area contributed by atoms with Gasteiger partial charge in [-0.2, -0.15) is 0 Å². The van der Waals surface area contributed by atoms with Crippen molar-refractivity contribution in [3.05, 3.63) is 48.6 Å². The number of hydrogen-bond donors (Lipinski definition) is 1. The Morgan fingerprint density at radius 3 is 2.73 bits per heavy atom. The number of amides is 1. The molecule has 3 rings (SSSR count). The summed E-state index contributed by atoms with van der Waals surface area (Å²) in [7, 11) is 0. The summed E-state index contributed by atoms with van der Waals surface area (Å²) in [4.78, 5) is 24.6. The predicted molar refractivity (Wildman–Crippen MR) is 118 cm³/mol. The van der Waals surface area contributed by atoms with E-state index in [1.165, 1.54) is 6.92 Å². The standard InChI is InChI=1S/C24H33NO8/c1-5-6-10-13-28-22-19(25-23(27)29-14-17-11-8-7-9-12-17)21(31-16(2)26)20-18(32-22)15-30-24(3,4)33-20/h5,7-9,11-12,18-22H,1,6,10,13-15H2,2-4H3,(H,25,27)/t18-,19+,20-,21-,22+/m1/s1. The summed E-state index contributed by atoms with van der Waals surface area (Å²) in [6.07, 6.45) is -0.352. The summed E-state index contributed by atoms with van der Waals surface area (Å²) < 4.78 is 34.8. The second-order valence-corrected chi connectivity index (χ2v) is 8.44. The van der Waals surface area contributed by atoms with Crippen LogP contribution in [0.2, 0.25) is 0 Å². The third-order valence-electron chi connectivity index (χ3n) is 5.30. The summed E-state index contributed by atoms with van der Waals surface area (Å²) in [6, 6.07) is 8.46. The van der Waals surface area contributed by atoms with E-state index in [0.29, 0.717) is 6.61 Å². The van der Waals surface area contributed by atoms with Gasteiger partial charge in [-0.05, 0) is 32.3 Å². The van der Waals surface area contributed by atoms with Crippen LogP contribution >= 0.6 is 0 Å². The fraction of sp³-hybridized carbons (Fsp3) is 0.583. The molecule has 182 valence electrons. The maximum Gasteiger partial charge on any atom is 0.407 e. The van der Waals surface area contributed by atoms with Gasteiger partial charge in [0.25, 0.3) is 0 Å². The molecule has 0 radical (unpaired) electrons. The number of nitrogens with one attached hydrogen (secondary N) is 1. The van der Waals surface area contributed by atoms with Crippen molar-refractivity contribution < 1.29 is 38.0 Å². The number of fused-ring (bicyclic) bond motifs is 1. The maximum atomic E-state index is 12.7. The van der Waals surface area contributed by atoms with E-state index >= 15 is 0 Å². The van der Waals surface area contributed by atoms with Gasteiger partial charge in [0.05, 0.1) is 13.2 Å². The van der Waals surface area contributed by atoms with E-state index in [1.807, 2.05) is 30.3 Å². The molecule has 0 aromatic heterocycles. The van der Waals surface area contributed by atoms with Gasteiger partial charge in [-0.1, -0.05) is 36.4 Å². The zero-order chi connectivity index (χ0) is 23.8. The van der Waals surface area contributed by atoms with Crippen molar-refractivity contribution in [1.29, 1.82) is 0 Å². The van der Waals surface area contributed by atoms with Gasteiger partial charge in [0.2, 0.25) is 0 Å². The lowest BCUT2D eigenvalue weighted by Crippen LogP contribution is -2.69. The highest BCUT2D eigenvalue weighted by molar-refractivity contribution is 5.68. The van der Waals surface area contributed by atoms with Gasteiger partial charge in [0, 0.05) is 6.92 Å². The van der Waals surface area contributed by atoms with Crippen LogP contribution in [0.3, 0.4) is 0 Å². The molecular weight excluding hydrogens is 430 g/mol. The molecule has 2 saturated heterocycles. The van der Waals surface area contributed by atoms with Crippen LogP contribution in [0, 0.1) is 0 Å². The Bertz CT molecular complexity index is 799. The number of unbranched alkanes of at least 4 members (excludes halogenated alkanes) is 1. The molecule has 5 atom stereocenters. The Balaban J connectivity index is 1.76. The Morgan fingerprint density at radius 2 is 2.03 bits per heavy atom. The molecule has 33 heavy (non-hydrogen) atoms. The molecule has 2 aliphatic rings. The van der Waals surface area contributed by atoms with Crippen molar-refractivity contribution >= 4 is 12.1 Å². The van der Waals surface area contributed by atoms with Crippen LogP contribution in [-0.4, -0.2) is 61.7 Å². The molecule has 1 N–H and O–H groups in total. The summed E-state index contributed by atoms with van der Waals surface area (Å²) in [5.74, 6) is -1.41. The van der Waals surface area contributed by atoms with Gasteiger partial charge in [-0.15, -0.1) is 6.58 Å². The number of esters is 1. The summed E-state index contributed by atoms with van der Waals surface area (Å²) in [5.41, 5.74) is 0.843. The summed E-state index contributed by atoms with van der Waals surface area (Å²) in [5, 5.41) is 2.77. The zero-order valence-electron chi connectivity index (χ0n) is 19.4. The highest BCUT2D eigenvalue weighted by Gasteiger charge is 2.54. The number of alkyl carbamates (subject to hydrolysis) is 1. The first-order valence-corrected chi connectivity index (χ1v) is 11.1. The molecule has 1 aromatic rings. The Morgan fingerprint density at radius 1 is 1.27 bits per heavy atom. The van der Waals surface area contributed by atoms with Gasteiger partial charge < -0.3 is 33.7 Å². The van der Waals surface area contributed by atoms with Crippen molar-refractivity contribution in [2.75, 3.05) is 13.2 Å². The third-order valence-corrected chi connectivity index (χ3v) is 5.30. The Hall–Kier alpha value is -2.46. The fourth-order valence-corrected chi connectivity index (χ4v) is 3.78. The molecule has 9 nitrogen and oxygen atoms in total. The number of carbonyl (C=O) groups is 2. The number of carbonyl (C=O) groups excluding carboxylic acids is 2. The average molecular weight is 464 g/mol. The highest BCUT2D eigenvalue weighted by atomic mass is 16.8. The predicted octanol–water partition coefficient (Wildman–Crippen LogP) is 3.07. The molecule has 9 heteroatoms. The first-order chi connectivity index (χ1) is 15.8. The minimum absolute atomic E-state index is 0.0900. The van der Waals surface area contributed by atoms with Crippen LogP contribution in [0.1, 0.15) is 39.2 Å². The molecular formula is C24H33NO8. The SMILES string of the molecule is C=CCCCO[C@H]1O[C@@H]2COC(C)(C)O[C@H]2[C@H](OC(C)=O)[C@@H]1NC(=O)OCc1ccccc1. The van der Waals surface area contributed by atoms with E-state index < -0.39 is 48.5 Å². The number of ether oxygens (including phenoxy) is 6. The summed E-state index contributed by atoms with van der Waals surface area (Å²) >= 11 is 0. The van der Waals surface area contributed by atoms with E-state index in [-0.39, 0.29) is 13.2 Å². The molecule has 2 fully saturated rings. The third kappa shape index (κ3) is 7.26. The normalized spacial score (nSPS) is 28.3. The first-order valence-electron chi connectivity index (χ1n) is 11.1. The molecule has 0 saturated carbocycles. The van der Waals surface area contributed by atoms with Gasteiger partial charge in [0.15, 0.2) is 18.2 Å². The minimum atomic E-state index is -0.904. The largest absolute Gasteiger partial charge is 0.457 e. The van der Waals surface area contributed by atoms with Gasteiger partial charge in [0.1, 0.15) is 24.9 Å². The van der Waals surface area contributed by atoms with Gasteiger partial charge in [-0.3, -0.25) is 4.79 Å². The average Bonchev–Trinajstić information content (AvgIpc) is 2.77. The van der Waals surface area contributed by atoms with E-state index in [1.54, 1.807) is 19.9 Å². The number of rotatable bonds is 9. The van der Waals surface area contributed by atoms with Crippen molar-refractivity contribution in [2.45, 2.75) is 76.7 Å².